The van der Waals surface area contributed by atoms with Crippen molar-refractivity contribution in [3.8, 4) is 0 Å². The van der Waals surface area contributed by atoms with Gasteiger partial charge in [0, 0.05) is 24.4 Å². The molecule has 4 heteroatoms. The van der Waals surface area contributed by atoms with E-state index in [1.165, 1.54) is 24.8 Å². The van der Waals surface area contributed by atoms with Crippen molar-refractivity contribution < 1.29 is 4.79 Å². The largest absolute Gasteiger partial charge is 0.350 e. The van der Waals surface area contributed by atoms with Crippen LogP contribution in [0, 0.1) is 0 Å². The highest BCUT2D eigenvalue weighted by Gasteiger charge is 2.43. The van der Waals surface area contributed by atoms with Gasteiger partial charge in [0.15, 0.2) is 0 Å². The summed E-state index contributed by atoms with van der Waals surface area (Å²) in [6, 6.07) is 16.2. The van der Waals surface area contributed by atoms with Crippen molar-refractivity contribution in [2.75, 3.05) is 21.1 Å². The van der Waals surface area contributed by atoms with Gasteiger partial charge in [-0.25, -0.2) is 9.28 Å². The molecule has 27 heavy (non-hydrogen) atoms. The first-order chi connectivity index (χ1) is 12.9. The first kappa shape index (κ1) is 20.1. The fourth-order valence-corrected chi connectivity index (χ4v) is 4.35. The molecular weight excluding hydrogens is 356 g/mol. The molecule has 0 N–H and O–H groups in total. The molecule has 1 atom stereocenters. The predicted octanol–water partition coefficient (Wildman–Crippen LogP) is 5.51. The van der Waals surface area contributed by atoms with Crippen molar-refractivity contribution in [1.82, 2.24) is 9.38 Å². The Morgan fingerprint density at radius 2 is 1.59 bits per heavy atom. The summed E-state index contributed by atoms with van der Waals surface area (Å²) in [4.78, 5) is 15.8. The Balaban J connectivity index is 1.99. The Morgan fingerprint density at radius 3 is 2.15 bits per heavy atom. The minimum atomic E-state index is 0.152. The van der Waals surface area contributed by atoms with Crippen LogP contribution in [0.4, 0.5) is 5.69 Å². The summed E-state index contributed by atoms with van der Waals surface area (Å²) in [7, 11) is 6.23. The first-order valence-electron chi connectivity index (χ1n) is 9.82. The normalized spacial score (nSPS) is 17.7. The molecule has 2 aromatic carbocycles. The van der Waals surface area contributed by atoms with Crippen LogP contribution in [0.3, 0.4) is 0 Å². The number of carbonyl (C=O) groups excluding carboxylic acids is 1. The lowest BCUT2D eigenvalue weighted by atomic mass is 9.91. The van der Waals surface area contributed by atoms with E-state index in [1.54, 1.807) is 12.1 Å². The van der Waals surface area contributed by atoms with E-state index in [1.807, 2.05) is 12.1 Å². The zero-order chi connectivity index (χ0) is 19.4. The van der Waals surface area contributed by atoms with Crippen LogP contribution in [0.2, 0.25) is 5.02 Å². The second-order valence-corrected chi connectivity index (χ2v) is 8.52. The second kappa shape index (κ2) is 8.55. The molecule has 1 amide bonds. The fraction of sp³-hybridized carbons (Fsp3) is 0.435. The minimum absolute atomic E-state index is 0.152. The average Bonchev–Trinajstić information content (AvgIpc) is 2.68. The predicted molar refractivity (Wildman–Crippen MR) is 114 cm³/mol. The maximum absolute atomic E-state index is 13.7. The van der Waals surface area contributed by atoms with Crippen molar-refractivity contribution in [3.05, 3.63) is 64.7 Å². The van der Waals surface area contributed by atoms with Crippen molar-refractivity contribution in [2.45, 2.75) is 44.7 Å². The number of nitrogens with zero attached hydrogens (tertiary/aromatic N) is 2. The molecule has 0 heterocycles. The van der Waals surface area contributed by atoms with E-state index in [2.05, 4.69) is 50.3 Å². The number of hydrogen-bond acceptors (Lipinski definition) is 2. The molecule has 2 aromatic rings. The highest BCUT2D eigenvalue weighted by atomic mass is 35.5. The van der Waals surface area contributed by atoms with Crippen LogP contribution in [0.5, 0.6) is 0 Å². The van der Waals surface area contributed by atoms with Crippen molar-refractivity contribution >= 4 is 23.2 Å². The lowest BCUT2D eigenvalue weighted by Gasteiger charge is -2.40. The molecule has 1 fully saturated rings. The minimum Gasteiger partial charge on any atom is -0.305 e. The second-order valence-electron chi connectivity index (χ2n) is 8.08. The van der Waals surface area contributed by atoms with Gasteiger partial charge >= 0.3 is 5.91 Å². The molecule has 0 aliphatic heterocycles. The number of halogens is 1. The van der Waals surface area contributed by atoms with Crippen molar-refractivity contribution in [3.63, 3.8) is 0 Å². The molecule has 0 spiro atoms. The van der Waals surface area contributed by atoms with Crippen LogP contribution >= 0.6 is 11.6 Å². The molecular formula is C23H30ClN2O+. The Bertz CT molecular complexity index is 764. The monoisotopic (exact) mass is 385 g/mol. The third-order valence-corrected chi connectivity index (χ3v) is 6.04. The first-order valence-corrected chi connectivity index (χ1v) is 10.2. The van der Waals surface area contributed by atoms with E-state index in [4.69, 9.17) is 11.6 Å². The van der Waals surface area contributed by atoms with E-state index >= 15 is 0 Å². The summed E-state index contributed by atoms with van der Waals surface area (Å²) in [5.41, 5.74) is 3.06. The number of amides is 1. The van der Waals surface area contributed by atoms with Gasteiger partial charge in [-0.15, -0.1) is 0 Å². The topological polar surface area (TPSA) is 20.3 Å². The Hall–Kier alpha value is -1.68. The number of hydrogen-bond donors (Lipinski definition) is 0. The zero-order valence-corrected chi connectivity index (χ0v) is 17.4. The molecule has 0 bridgehead atoms. The van der Waals surface area contributed by atoms with Gasteiger partial charge in [-0.1, -0.05) is 30.2 Å². The van der Waals surface area contributed by atoms with Crippen LogP contribution in [0.15, 0.2) is 48.5 Å². The molecule has 1 saturated carbocycles. The zero-order valence-electron chi connectivity index (χ0n) is 16.6. The van der Waals surface area contributed by atoms with Crippen LogP contribution in [-0.2, 0) is 6.54 Å². The van der Waals surface area contributed by atoms with E-state index in [-0.39, 0.29) is 5.91 Å². The lowest BCUT2D eigenvalue weighted by molar-refractivity contribution is 0.0705. The molecule has 0 radical (unpaired) electrons. The van der Waals surface area contributed by atoms with Gasteiger partial charge in [-0.2, -0.15) is 0 Å². The van der Waals surface area contributed by atoms with Gasteiger partial charge < -0.3 is 4.90 Å². The van der Waals surface area contributed by atoms with Gasteiger partial charge in [-0.05, 0) is 68.9 Å². The molecule has 1 aliphatic rings. The molecule has 3 nitrogen and oxygen atoms in total. The Labute approximate surface area is 168 Å². The van der Waals surface area contributed by atoms with E-state index in [9.17, 15) is 4.79 Å². The van der Waals surface area contributed by atoms with Crippen molar-refractivity contribution in [1.29, 1.82) is 0 Å². The number of rotatable bonds is 5. The van der Waals surface area contributed by atoms with E-state index in [0.717, 1.165) is 30.6 Å². The quantitative estimate of drug-likeness (QED) is 0.632. The van der Waals surface area contributed by atoms with Gasteiger partial charge in [0.2, 0.25) is 0 Å². The van der Waals surface area contributed by atoms with Crippen LogP contribution in [0.25, 0.3) is 0 Å². The third kappa shape index (κ3) is 4.43. The molecule has 0 aromatic heterocycles. The van der Waals surface area contributed by atoms with Gasteiger partial charge in [-0.3, -0.25) is 0 Å². The lowest BCUT2D eigenvalue weighted by Crippen LogP contribution is -2.58. The summed E-state index contributed by atoms with van der Waals surface area (Å²) < 4.78 is 0.337. The van der Waals surface area contributed by atoms with Crippen molar-refractivity contribution in [2.24, 2.45) is 0 Å². The summed E-state index contributed by atoms with van der Waals surface area (Å²) in [6.45, 7) is 0.901. The SMILES string of the molecule is CN(C)Cc1ccc([N+](C)(C(=O)c2ccc(Cl)cc2)C2CCCCC2)cc1. The number of carbonyl (C=O) groups is 1. The van der Waals surface area contributed by atoms with Crippen LogP contribution in [0.1, 0.15) is 48.0 Å². The standard InChI is InChI=1S/C23H30ClN2O/c1-25(2)17-18-9-15-22(16-10-18)26(3,21-7-5-4-6-8-21)23(27)19-11-13-20(24)14-12-19/h9-16,21H,4-8,17H2,1-3H3/q+1. The van der Waals surface area contributed by atoms with E-state index < -0.39 is 0 Å². The van der Waals surface area contributed by atoms with Gasteiger partial charge in [0.05, 0.1) is 12.6 Å². The summed E-state index contributed by atoms with van der Waals surface area (Å²) in [5.74, 6) is 0.152. The number of quaternary nitrogens is 1. The van der Waals surface area contributed by atoms with Gasteiger partial charge in [0.25, 0.3) is 0 Å². The summed E-state index contributed by atoms with van der Waals surface area (Å²) in [5, 5.41) is 0.659. The van der Waals surface area contributed by atoms with Crippen LogP contribution in [-0.4, -0.2) is 38.0 Å². The summed E-state index contributed by atoms with van der Waals surface area (Å²) >= 11 is 6.03. The molecule has 1 aliphatic carbocycles. The third-order valence-electron chi connectivity index (χ3n) is 5.79. The average molecular weight is 386 g/mol. The fourth-order valence-electron chi connectivity index (χ4n) is 4.23. The maximum atomic E-state index is 13.7. The number of benzene rings is 2. The molecule has 144 valence electrons. The highest BCUT2D eigenvalue weighted by molar-refractivity contribution is 6.30. The molecule has 3 rings (SSSR count). The molecule has 1 unspecified atom stereocenters. The Morgan fingerprint density at radius 1 is 1.00 bits per heavy atom. The van der Waals surface area contributed by atoms with E-state index in [0.29, 0.717) is 15.5 Å². The summed E-state index contributed by atoms with van der Waals surface area (Å²) in [6.07, 6.45) is 5.86. The molecule has 0 saturated heterocycles. The van der Waals surface area contributed by atoms with Gasteiger partial charge in [0.1, 0.15) is 11.7 Å². The Kier molecular flexibility index (Phi) is 6.36. The maximum Gasteiger partial charge on any atom is 0.350 e. The smallest absolute Gasteiger partial charge is 0.305 e. The highest BCUT2D eigenvalue weighted by Crippen LogP contribution is 2.35. The van der Waals surface area contributed by atoms with Crippen LogP contribution < -0.4 is 4.48 Å².